The Hall–Kier alpha value is -2.16. The summed E-state index contributed by atoms with van der Waals surface area (Å²) in [6, 6.07) is 3.61. The minimum Gasteiger partial charge on any atom is -0.423 e. The Morgan fingerprint density at radius 3 is 2.59 bits per heavy atom. The van der Waals surface area contributed by atoms with E-state index in [1.165, 1.54) is 0 Å². The normalized spacial score (nSPS) is 18.1. The molecule has 0 radical (unpaired) electrons. The van der Waals surface area contributed by atoms with Gasteiger partial charge in [0.25, 0.3) is 0 Å². The van der Waals surface area contributed by atoms with E-state index in [9.17, 15) is 4.79 Å². The predicted molar refractivity (Wildman–Crippen MR) is 126 cm³/mol. The number of nitrogens with zero attached hydrogens (tertiary/aromatic N) is 1. The number of allylic oxidation sites excluding steroid dienone is 3. The summed E-state index contributed by atoms with van der Waals surface area (Å²) in [6.07, 6.45) is 13.5. The SMILES string of the molecule is CC.CC.CCC=CC(C)(C(C)CC)C1CC=Cc2oc(=O)c3cccnc3c21. The molecule has 29 heavy (non-hydrogen) atoms. The summed E-state index contributed by atoms with van der Waals surface area (Å²) < 4.78 is 5.65. The van der Waals surface area contributed by atoms with Crippen molar-refractivity contribution >= 4 is 17.0 Å². The average molecular weight is 398 g/mol. The monoisotopic (exact) mass is 397 g/mol. The molecule has 2 aromatic rings. The van der Waals surface area contributed by atoms with Gasteiger partial charge in [-0.2, -0.15) is 0 Å². The Morgan fingerprint density at radius 2 is 1.97 bits per heavy atom. The molecule has 3 atom stereocenters. The van der Waals surface area contributed by atoms with Crippen molar-refractivity contribution in [1.82, 2.24) is 4.98 Å². The van der Waals surface area contributed by atoms with Crippen LogP contribution in [0.4, 0.5) is 0 Å². The van der Waals surface area contributed by atoms with Crippen LogP contribution in [0.5, 0.6) is 0 Å². The van der Waals surface area contributed by atoms with Crippen LogP contribution in [0.2, 0.25) is 0 Å². The quantitative estimate of drug-likeness (QED) is 0.484. The van der Waals surface area contributed by atoms with E-state index in [0.717, 1.165) is 30.3 Å². The van der Waals surface area contributed by atoms with E-state index in [1.54, 1.807) is 12.3 Å². The van der Waals surface area contributed by atoms with Crippen LogP contribution < -0.4 is 5.63 Å². The van der Waals surface area contributed by atoms with Gasteiger partial charge in [-0.05, 0) is 42.4 Å². The van der Waals surface area contributed by atoms with Crippen molar-refractivity contribution in [3.05, 3.63) is 58.3 Å². The van der Waals surface area contributed by atoms with Crippen molar-refractivity contribution in [3.63, 3.8) is 0 Å². The molecule has 0 aliphatic heterocycles. The van der Waals surface area contributed by atoms with Gasteiger partial charge in [0.2, 0.25) is 0 Å². The lowest BCUT2D eigenvalue weighted by Gasteiger charge is -2.41. The van der Waals surface area contributed by atoms with E-state index in [4.69, 9.17) is 4.42 Å². The second kappa shape index (κ2) is 11.7. The molecular formula is C26H39NO2. The molecular weight excluding hydrogens is 358 g/mol. The highest BCUT2D eigenvalue weighted by atomic mass is 16.4. The molecule has 2 aromatic heterocycles. The largest absolute Gasteiger partial charge is 0.423 e. The first-order valence-electron chi connectivity index (χ1n) is 11.3. The molecule has 160 valence electrons. The van der Waals surface area contributed by atoms with Crippen molar-refractivity contribution in [2.45, 2.75) is 80.6 Å². The summed E-state index contributed by atoms with van der Waals surface area (Å²) in [4.78, 5) is 16.9. The van der Waals surface area contributed by atoms with Gasteiger partial charge >= 0.3 is 5.63 Å². The minimum atomic E-state index is -0.304. The maximum Gasteiger partial charge on any atom is 0.345 e. The molecule has 1 aliphatic rings. The Bertz CT molecular complexity index is 878. The summed E-state index contributed by atoms with van der Waals surface area (Å²) in [5.41, 5.74) is 1.56. The first-order valence-corrected chi connectivity index (χ1v) is 11.3. The molecule has 0 aromatic carbocycles. The number of rotatable bonds is 5. The van der Waals surface area contributed by atoms with Gasteiger partial charge in [-0.3, -0.25) is 4.98 Å². The van der Waals surface area contributed by atoms with E-state index in [0.29, 0.717) is 17.1 Å². The number of aromatic nitrogens is 1. The molecule has 3 rings (SSSR count). The maximum atomic E-state index is 12.3. The molecule has 3 unspecified atom stereocenters. The fourth-order valence-corrected chi connectivity index (χ4v) is 4.00. The van der Waals surface area contributed by atoms with Gasteiger partial charge in [0, 0.05) is 17.7 Å². The van der Waals surface area contributed by atoms with Gasteiger partial charge < -0.3 is 4.42 Å². The van der Waals surface area contributed by atoms with Crippen LogP contribution in [0.3, 0.4) is 0 Å². The second-order valence-electron chi connectivity index (χ2n) is 7.24. The van der Waals surface area contributed by atoms with Crippen LogP contribution in [-0.2, 0) is 0 Å². The summed E-state index contributed by atoms with van der Waals surface area (Å²) in [7, 11) is 0. The Kier molecular flexibility index (Phi) is 10.1. The van der Waals surface area contributed by atoms with E-state index in [2.05, 4.69) is 50.9 Å². The predicted octanol–water partition coefficient (Wildman–Crippen LogP) is 7.76. The Morgan fingerprint density at radius 1 is 1.28 bits per heavy atom. The van der Waals surface area contributed by atoms with Gasteiger partial charge in [0.05, 0.1) is 10.9 Å². The molecule has 0 saturated heterocycles. The van der Waals surface area contributed by atoms with Crippen molar-refractivity contribution in [3.8, 4) is 0 Å². The van der Waals surface area contributed by atoms with Gasteiger partial charge in [0.15, 0.2) is 0 Å². The van der Waals surface area contributed by atoms with E-state index in [-0.39, 0.29) is 17.0 Å². The third-order valence-electron chi connectivity index (χ3n) is 5.88. The molecule has 0 saturated carbocycles. The first-order chi connectivity index (χ1) is 14.0. The molecule has 3 nitrogen and oxygen atoms in total. The highest BCUT2D eigenvalue weighted by Gasteiger charge is 2.40. The standard InChI is InChI=1S/C22H27NO2.2C2H6/c1-5-7-13-22(4,15(3)6-2)17-11-8-12-18-19(17)20-16(21(24)25-18)10-9-14-23-20;2*1-2/h7-10,12-15,17H,5-6,11H2,1-4H3;2*1-2H3. The number of pyridine rings is 1. The van der Waals surface area contributed by atoms with Crippen LogP contribution in [0, 0.1) is 11.3 Å². The third-order valence-corrected chi connectivity index (χ3v) is 5.88. The third kappa shape index (κ3) is 5.07. The minimum absolute atomic E-state index is 0.0192. The summed E-state index contributed by atoms with van der Waals surface area (Å²) in [5.74, 6) is 1.42. The summed E-state index contributed by atoms with van der Waals surface area (Å²) >= 11 is 0. The number of fused-ring (bicyclic) bond motifs is 3. The molecule has 0 N–H and O–H groups in total. The maximum absolute atomic E-state index is 12.3. The lowest BCUT2D eigenvalue weighted by Crippen LogP contribution is -2.32. The van der Waals surface area contributed by atoms with Crippen LogP contribution in [0.25, 0.3) is 17.0 Å². The molecule has 0 bridgehead atoms. The van der Waals surface area contributed by atoms with E-state index in [1.807, 2.05) is 39.8 Å². The van der Waals surface area contributed by atoms with Gasteiger partial charge in [0.1, 0.15) is 5.76 Å². The smallest absolute Gasteiger partial charge is 0.345 e. The molecule has 0 fully saturated rings. The van der Waals surface area contributed by atoms with Crippen molar-refractivity contribution in [2.75, 3.05) is 0 Å². The van der Waals surface area contributed by atoms with Gasteiger partial charge in [-0.1, -0.05) is 80.0 Å². The van der Waals surface area contributed by atoms with Crippen LogP contribution in [0.15, 0.2) is 45.8 Å². The molecule has 3 heteroatoms. The lowest BCUT2D eigenvalue weighted by molar-refractivity contribution is 0.210. The van der Waals surface area contributed by atoms with Crippen LogP contribution in [-0.4, -0.2) is 4.98 Å². The number of hydrogen-bond acceptors (Lipinski definition) is 3. The Labute approximate surface area is 176 Å². The van der Waals surface area contributed by atoms with E-state index < -0.39 is 0 Å². The second-order valence-corrected chi connectivity index (χ2v) is 7.24. The average Bonchev–Trinajstić information content (AvgIpc) is 2.79. The Balaban J connectivity index is 0.000000989. The van der Waals surface area contributed by atoms with Crippen LogP contribution in [0.1, 0.15) is 91.9 Å². The summed E-state index contributed by atoms with van der Waals surface area (Å²) in [6.45, 7) is 17.1. The zero-order valence-corrected chi connectivity index (χ0v) is 19.6. The fourth-order valence-electron chi connectivity index (χ4n) is 4.00. The highest BCUT2D eigenvalue weighted by molar-refractivity contribution is 5.83. The topological polar surface area (TPSA) is 43.1 Å². The van der Waals surface area contributed by atoms with Crippen molar-refractivity contribution in [1.29, 1.82) is 0 Å². The van der Waals surface area contributed by atoms with Crippen molar-refractivity contribution in [2.24, 2.45) is 11.3 Å². The summed E-state index contributed by atoms with van der Waals surface area (Å²) in [5, 5.41) is 0.576. The zero-order chi connectivity index (χ0) is 22.0. The van der Waals surface area contributed by atoms with Gasteiger partial charge in [-0.25, -0.2) is 4.79 Å². The first kappa shape index (κ1) is 24.9. The zero-order valence-electron chi connectivity index (χ0n) is 19.6. The highest BCUT2D eigenvalue weighted by Crippen LogP contribution is 2.50. The molecule has 2 heterocycles. The van der Waals surface area contributed by atoms with E-state index >= 15 is 0 Å². The molecule has 1 aliphatic carbocycles. The van der Waals surface area contributed by atoms with Gasteiger partial charge in [-0.15, -0.1) is 0 Å². The molecule has 0 spiro atoms. The number of hydrogen-bond donors (Lipinski definition) is 0. The fraction of sp³-hybridized carbons (Fsp3) is 0.538. The van der Waals surface area contributed by atoms with Crippen molar-refractivity contribution < 1.29 is 4.42 Å². The van der Waals surface area contributed by atoms with Crippen LogP contribution >= 0.6 is 0 Å². The molecule has 0 amide bonds. The lowest BCUT2D eigenvalue weighted by atomic mass is 9.62.